The van der Waals surface area contributed by atoms with Crippen LogP contribution in [0, 0.1) is 6.92 Å². The Bertz CT molecular complexity index is 1210. The van der Waals surface area contributed by atoms with Crippen molar-refractivity contribution in [3.63, 3.8) is 0 Å². The van der Waals surface area contributed by atoms with Gasteiger partial charge in [-0.25, -0.2) is 0 Å². The van der Waals surface area contributed by atoms with Gasteiger partial charge in [0.2, 0.25) is 5.43 Å². The van der Waals surface area contributed by atoms with Gasteiger partial charge in [-0.2, -0.15) is 0 Å². The molecule has 0 atom stereocenters. The SMILES string of the molecule is COc1ccc(OC)c2c(=O)c(C[NH+](Cc3ccccc3)Cc3ccccc3)c(C)[nH]c12. The zero-order valence-electron chi connectivity index (χ0n) is 18.8. The van der Waals surface area contributed by atoms with Gasteiger partial charge in [-0.15, -0.1) is 0 Å². The molecule has 0 amide bonds. The second kappa shape index (κ2) is 9.71. The van der Waals surface area contributed by atoms with Crippen LogP contribution < -0.4 is 19.8 Å². The summed E-state index contributed by atoms with van der Waals surface area (Å²) in [4.78, 5) is 18.4. The van der Waals surface area contributed by atoms with E-state index in [1.54, 1.807) is 20.3 Å². The van der Waals surface area contributed by atoms with E-state index in [1.807, 2.05) is 25.1 Å². The first-order valence-electron chi connectivity index (χ1n) is 10.8. The molecule has 0 spiro atoms. The van der Waals surface area contributed by atoms with Crippen LogP contribution in [0.25, 0.3) is 10.9 Å². The number of aryl methyl sites for hydroxylation is 1. The predicted molar refractivity (Wildman–Crippen MR) is 127 cm³/mol. The van der Waals surface area contributed by atoms with Gasteiger partial charge >= 0.3 is 0 Å². The summed E-state index contributed by atoms with van der Waals surface area (Å²) in [5, 5.41) is 0.534. The molecule has 1 heterocycles. The second-order valence-electron chi connectivity index (χ2n) is 8.03. The Morgan fingerprint density at radius 1 is 0.750 bits per heavy atom. The van der Waals surface area contributed by atoms with Crippen LogP contribution in [-0.4, -0.2) is 19.2 Å². The van der Waals surface area contributed by atoms with Gasteiger partial charge in [-0.1, -0.05) is 60.7 Å². The summed E-state index contributed by atoms with van der Waals surface area (Å²) in [6, 6.07) is 24.4. The van der Waals surface area contributed by atoms with Crippen molar-refractivity contribution in [3.8, 4) is 11.5 Å². The molecule has 0 bridgehead atoms. The first kappa shape index (κ1) is 21.7. The lowest BCUT2D eigenvalue weighted by molar-refractivity contribution is -0.941. The van der Waals surface area contributed by atoms with E-state index >= 15 is 0 Å². The molecular formula is C27H29N2O3+. The maximum Gasteiger partial charge on any atom is 0.202 e. The topological polar surface area (TPSA) is 55.8 Å². The molecule has 2 N–H and O–H groups in total. The number of ether oxygens (including phenoxy) is 2. The minimum Gasteiger partial charge on any atom is -0.496 e. The molecule has 4 aromatic rings. The lowest BCUT2D eigenvalue weighted by atomic mass is 10.1. The van der Waals surface area contributed by atoms with Crippen LogP contribution in [-0.2, 0) is 19.6 Å². The normalized spacial score (nSPS) is 11.1. The second-order valence-corrected chi connectivity index (χ2v) is 8.03. The Kier molecular flexibility index (Phi) is 6.57. The zero-order chi connectivity index (χ0) is 22.5. The molecule has 0 unspecified atom stereocenters. The highest BCUT2D eigenvalue weighted by Crippen LogP contribution is 2.30. The average molecular weight is 430 g/mol. The number of H-pyrrole nitrogens is 1. The first-order chi connectivity index (χ1) is 15.6. The summed E-state index contributed by atoms with van der Waals surface area (Å²) in [5.41, 5.74) is 4.77. The predicted octanol–water partition coefficient (Wildman–Crippen LogP) is 3.64. The van der Waals surface area contributed by atoms with Gasteiger partial charge in [-0.05, 0) is 19.1 Å². The number of benzene rings is 3. The fourth-order valence-corrected chi connectivity index (χ4v) is 4.26. The van der Waals surface area contributed by atoms with E-state index in [4.69, 9.17) is 9.47 Å². The molecule has 5 nitrogen and oxygen atoms in total. The number of nitrogens with one attached hydrogen (secondary N) is 2. The summed E-state index contributed by atoms with van der Waals surface area (Å²) in [5.74, 6) is 1.18. The van der Waals surface area contributed by atoms with Gasteiger partial charge < -0.3 is 19.4 Å². The highest BCUT2D eigenvalue weighted by Gasteiger charge is 2.21. The van der Waals surface area contributed by atoms with Gasteiger partial charge in [0.25, 0.3) is 0 Å². The third kappa shape index (κ3) is 4.53. The Morgan fingerprint density at radius 3 is 1.81 bits per heavy atom. The average Bonchev–Trinajstić information content (AvgIpc) is 2.82. The fraction of sp³-hybridized carbons (Fsp3) is 0.222. The maximum absolute atomic E-state index is 13.7. The number of hydrogen-bond donors (Lipinski definition) is 2. The summed E-state index contributed by atoms with van der Waals surface area (Å²) in [7, 11) is 3.19. The highest BCUT2D eigenvalue weighted by molar-refractivity contribution is 5.90. The van der Waals surface area contributed by atoms with E-state index in [0.29, 0.717) is 28.9 Å². The van der Waals surface area contributed by atoms with Crippen molar-refractivity contribution in [2.45, 2.75) is 26.6 Å². The first-order valence-corrected chi connectivity index (χ1v) is 10.8. The molecule has 5 heteroatoms. The van der Waals surface area contributed by atoms with Gasteiger partial charge in [0.1, 0.15) is 31.1 Å². The molecule has 3 aromatic carbocycles. The molecule has 0 aliphatic heterocycles. The number of aromatic amines is 1. The van der Waals surface area contributed by atoms with E-state index < -0.39 is 0 Å². The summed E-state index contributed by atoms with van der Waals surface area (Å²) < 4.78 is 11.0. The van der Waals surface area contributed by atoms with E-state index in [2.05, 4.69) is 53.5 Å². The minimum absolute atomic E-state index is 0.00868. The smallest absolute Gasteiger partial charge is 0.202 e. The summed E-state index contributed by atoms with van der Waals surface area (Å²) >= 11 is 0. The lowest BCUT2D eigenvalue weighted by Crippen LogP contribution is -3.08. The van der Waals surface area contributed by atoms with E-state index in [9.17, 15) is 4.79 Å². The summed E-state index contributed by atoms with van der Waals surface area (Å²) in [6.07, 6.45) is 0. The fourth-order valence-electron chi connectivity index (χ4n) is 4.26. The molecule has 0 aliphatic carbocycles. The van der Waals surface area contributed by atoms with Crippen LogP contribution in [0.5, 0.6) is 11.5 Å². The number of hydrogen-bond acceptors (Lipinski definition) is 3. The van der Waals surface area contributed by atoms with Crippen LogP contribution in [0.1, 0.15) is 22.4 Å². The monoisotopic (exact) mass is 429 g/mol. The maximum atomic E-state index is 13.7. The zero-order valence-corrected chi connectivity index (χ0v) is 18.8. The largest absolute Gasteiger partial charge is 0.496 e. The van der Waals surface area contributed by atoms with Gasteiger partial charge in [0, 0.05) is 16.8 Å². The number of pyridine rings is 1. The minimum atomic E-state index is -0.00868. The Labute approximate surface area is 188 Å². The van der Waals surface area contributed by atoms with E-state index in [1.165, 1.54) is 16.0 Å². The standard InChI is InChI=1S/C27H28N2O3/c1-19-22(27(30)25-23(31-2)14-15-24(32-3)26(25)28-19)18-29(16-20-10-6-4-7-11-20)17-21-12-8-5-9-13-21/h4-15H,16-18H2,1-3H3,(H,28,30)/p+1. The van der Waals surface area contributed by atoms with E-state index in [-0.39, 0.29) is 5.43 Å². The molecule has 0 saturated heterocycles. The molecular weight excluding hydrogens is 400 g/mol. The van der Waals surface area contributed by atoms with Crippen molar-refractivity contribution in [2.75, 3.05) is 14.2 Å². The molecule has 0 saturated carbocycles. The summed E-state index contributed by atoms with van der Waals surface area (Å²) in [6.45, 7) is 4.20. The van der Waals surface area contributed by atoms with Crippen molar-refractivity contribution in [2.24, 2.45) is 0 Å². The van der Waals surface area contributed by atoms with Crippen LogP contribution >= 0.6 is 0 Å². The molecule has 32 heavy (non-hydrogen) atoms. The number of quaternary nitrogens is 1. The third-order valence-corrected chi connectivity index (χ3v) is 5.86. The van der Waals surface area contributed by atoms with E-state index in [0.717, 1.165) is 24.3 Å². The van der Waals surface area contributed by atoms with Crippen molar-refractivity contribution >= 4 is 10.9 Å². The van der Waals surface area contributed by atoms with Gasteiger partial charge in [0.15, 0.2) is 0 Å². The number of methoxy groups -OCH3 is 2. The molecule has 164 valence electrons. The molecule has 1 aromatic heterocycles. The highest BCUT2D eigenvalue weighted by atomic mass is 16.5. The van der Waals surface area contributed by atoms with Crippen molar-refractivity contribution in [1.29, 1.82) is 0 Å². The van der Waals surface area contributed by atoms with Crippen LogP contribution in [0.15, 0.2) is 77.6 Å². The number of aromatic nitrogens is 1. The van der Waals surface area contributed by atoms with Gasteiger partial charge in [-0.3, -0.25) is 4.79 Å². The van der Waals surface area contributed by atoms with Crippen molar-refractivity contribution in [1.82, 2.24) is 4.98 Å². The van der Waals surface area contributed by atoms with Crippen LogP contribution in [0.3, 0.4) is 0 Å². The molecule has 4 rings (SSSR count). The van der Waals surface area contributed by atoms with Crippen molar-refractivity contribution in [3.05, 3.63) is 105 Å². The Balaban J connectivity index is 1.77. The third-order valence-electron chi connectivity index (χ3n) is 5.86. The number of fused-ring (bicyclic) bond motifs is 1. The van der Waals surface area contributed by atoms with Gasteiger partial charge in [0.05, 0.1) is 30.7 Å². The molecule has 0 radical (unpaired) electrons. The quantitative estimate of drug-likeness (QED) is 0.450. The van der Waals surface area contributed by atoms with Crippen molar-refractivity contribution < 1.29 is 14.4 Å². The Morgan fingerprint density at radius 2 is 1.28 bits per heavy atom. The Hall–Kier alpha value is -3.57. The number of rotatable bonds is 8. The molecule has 0 aliphatic rings. The van der Waals surface area contributed by atoms with Crippen LogP contribution in [0.2, 0.25) is 0 Å². The lowest BCUT2D eigenvalue weighted by Gasteiger charge is -2.21. The molecule has 0 fully saturated rings. The van der Waals surface area contributed by atoms with Crippen LogP contribution in [0.4, 0.5) is 0 Å².